The number of benzene rings is 3. The molecular weight excluding hydrogens is 504 g/mol. The molecular formula is C26H29ClN2O4S2. The number of amides is 1. The van der Waals surface area contributed by atoms with Gasteiger partial charge in [0.25, 0.3) is 10.0 Å². The predicted molar refractivity (Wildman–Crippen MR) is 144 cm³/mol. The highest BCUT2D eigenvalue weighted by molar-refractivity contribution is 7.98. The van der Waals surface area contributed by atoms with Gasteiger partial charge >= 0.3 is 0 Å². The summed E-state index contributed by atoms with van der Waals surface area (Å²) in [6, 6.07) is 20.9. The molecule has 0 saturated heterocycles. The van der Waals surface area contributed by atoms with E-state index in [9.17, 15) is 13.2 Å². The maximum Gasteiger partial charge on any atom is 0.264 e. The normalized spacial score (nSPS) is 11.2. The number of nitrogens with zero attached hydrogens (tertiary/aromatic N) is 1. The van der Waals surface area contributed by atoms with Gasteiger partial charge in [-0.3, -0.25) is 9.10 Å². The van der Waals surface area contributed by atoms with Gasteiger partial charge in [0.2, 0.25) is 5.91 Å². The topological polar surface area (TPSA) is 75.7 Å². The van der Waals surface area contributed by atoms with Crippen LogP contribution in [0.4, 0.5) is 5.69 Å². The summed E-state index contributed by atoms with van der Waals surface area (Å²) in [4.78, 5) is 12.8. The molecule has 0 aliphatic heterocycles. The quantitative estimate of drug-likeness (QED) is 0.321. The molecule has 9 heteroatoms. The van der Waals surface area contributed by atoms with Gasteiger partial charge in [0.1, 0.15) is 12.3 Å². The Labute approximate surface area is 216 Å². The Hall–Kier alpha value is -2.68. The molecule has 3 rings (SSSR count). The Morgan fingerprint density at radius 2 is 1.77 bits per heavy atom. The van der Waals surface area contributed by atoms with E-state index in [4.69, 9.17) is 16.3 Å². The summed E-state index contributed by atoms with van der Waals surface area (Å²) in [7, 11) is -2.51. The van der Waals surface area contributed by atoms with Crippen molar-refractivity contribution in [3.05, 3.63) is 88.9 Å². The van der Waals surface area contributed by atoms with Crippen LogP contribution in [0.3, 0.4) is 0 Å². The average Bonchev–Trinajstić information content (AvgIpc) is 2.86. The highest BCUT2D eigenvalue weighted by Crippen LogP contribution is 2.31. The summed E-state index contributed by atoms with van der Waals surface area (Å²) < 4.78 is 33.0. The molecule has 1 N–H and O–H groups in total. The van der Waals surface area contributed by atoms with Crippen LogP contribution >= 0.6 is 23.4 Å². The molecule has 6 nitrogen and oxygen atoms in total. The van der Waals surface area contributed by atoms with Crippen LogP contribution in [0.25, 0.3) is 0 Å². The monoisotopic (exact) mass is 532 g/mol. The molecule has 1 amide bonds. The minimum absolute atomic E-state index is 0.0901. The lowest BCUT2D eigenvalue weighted by molar-refractivity contribution is -0.119. The number of hydrogen-bond acceptors (Lipinski definition) is 5. The number of ether oxygens (including phenoxy) is 1. The van der Waals surface area contributed by atoms with E-state index in [0.717, 1.165) is 22.2 Å². The minimum atomic E-state index is -3.99. The Morgan fingerprint density at radius 3 is 2.46 bits per heavy atom. The zero-order chi connectivity index (χ0) is 25.3. The van der Waals surface area contributed by atoms with Gasteiger partial charge in [0, 0.05) is 12.3 Å². The number of halogens is 1. The summed E-state index contributed by atoms with van der Waals surface area (Å²) in [5, 5.41) is 3.09. The second kappa shape index (κ2) is 12.9. The third-order valence-corrected chi connectivity index (χ3v) is 8.52. The fourth-order valence-electron chi connectivity index (χ4n) is 3.39. The maximum absolute atomic E-state index is 13.4. The van der Waals surface area contributed by atoms with Gasteiger partial charge in [-0.1, -0.05) is 54.1 Å². The average molecular weight is 533 g/mol. The van der Waals surface area contributed by atoms with Crippen LogP contribution in [0.2, 0.25) is 5.02 Å². The fourth-order valence-corrected chi connectivity index (χ4v) is 6.11. The van der Waals surface area contributed by atoms with Crippen molar-refractivity contribution in [2.45, 2.75) is 24.0 Å². The molecule has 0 heterocycles. The maximum atomic E-state index is 13.4. The van der Waals surface area contributed by atoms with Gasteiger partial charge < -0.3 is 10.1 Å². The van der Waals surface area contributed by atoms with Gasteiger partial charge in [-0.25, -0.2) is 8.42 Å². The summed E-state index contributed by atoms with van der Waals surface area (Å²) >= 11 is 8.05. The van der Waals surface area contributed by atoms with Crippen LogP contribution in [0.1, 0.15) is 17.5 Å². The largest absolute Gasteiger partial charge is 0.495 e. The highest BCUT2D eigenvalue weighted by atomic mass is 35.5. The number of thioether (sulfide) groups is 1. The molecule has 0 aliphatic carbocycles. The second-order valence-electron chi connectivity index (χ2n) is 7.83. The Morgan fingerprint density at radius 1 is 1.06 bits per heavy atom. The summed E-state index contributed by atoms with van der Waals surface area (Å²) in [5.41, 5.74) is 2.86. The molecule has 186 valence electrons. The van der Waals surface area contributed by atoms with Crippen LogP contribution in [-0.2, 0) is 20.6 Å². The zero-order valence-electron chi connectivity index (χ0n) is 19.7. The third-order valence-electron chi connectivity index (χ3n) is 5.35. The first-order valence-corrected chi connectivity index (χ1v) is 14.1. The molecule has 0 aromatic heterocycles. The molecule has 0 saturated carbocycles. The van der Waals surface area contributed by atoms with Crippen LogP contribution in [0.15, 0.2) is 77.7 Å². The second-order valence-corrected chi connectivity index (χ2v) is 11.2. The Kier molecular flexibility index (Phi) is 9.89. The molecule has 0 radical (unpaired) electrons. The molecule has 0 unspecified atom stereocenters. The summed E-state index contributed by atoms with van der Waals surface area (Å²) in [6.07, 6.45) is 0.780. The van der Waals surface area contributed by atoms with Crippen molar-refractivity contribution in [1.82, 2.24) is 5.32 Å². The zero-order valence-corrected chi connectivity index (χ0v) is 22.1. The Balaban J connectivity index is 1.62. The van der Waals surface area contributed by atoms with Crippen molar-refractivity contribution in [3.8, 4) is 5.75 Å². The van der Waals surface area contributed by atoms with Crippen LogP contribution in [0, 0.1) is 6.92 Å². The number of hydrogen-bond donors (Lipinski definition) is 1. The van der Waals surface area contributed by atoms with Crippen molar-refractivity contribution in [3.63, 3.8) is 0 Å². The van der Waals surface area contributed by atoms with Gasteiger partial charge in [-0.05, 0) is 60.6 Å². The lowest BCUT2D eigenvalue weighted by Gasteiger charge is -2.24. The fraction of sp³-hybridized carbons (Fsp3) is 0.269. The first kappa shape index (κ1) is 26.9. The van der Waals surface area contributed by atoms with E-state index < -0.39 is 10.0 Å². The van der Waals surface area contributed by atoms with Gasteiger partial charge in [0.05, 0.1) is 22.7 Å². The van der Waals surface area contributed by atoms with Crippen molar-refractivity contribution >= 4 is 45.0 Å². The van der Waals surface area contributed by atoms with Crippen molar-refractivity contribution in [2.75, 3.05) is 30.3 Å². The number of methoxy groups -OCH3 is 1. The number of rotatable bonds is 12. The number of sulfonamides is 1. The highest BCUT2D eigenvalue weighted by Gasteiger charge is 2.27. The first-order chi connectivity index (χ1) is 16.8. The van der Waals surface area contributed by atoms with Gasteiger partial charge in [-0.2, -0.15) is 11.8 Å². The SMILES string of the molecule is COc1ccc(N(CC(=O)NCCCSCc2ccccc2C)S(=O)(=O)c2ccccc2)cc1Cl. The van der Waals surface area contributed by atoms with Crippen molar-refractivity contribution < 1.29 is 17.9 Å². The smallest absolute Gasteiger partial charge is 0.264 e. The predicted octanol–water partition coefficient (Wildman–Crippen LogP) is 5.29. The molecule has 0 spiro atoms. The van der Waals surface area contributed by atoms with Crippen LogP contribution < -0.4 is 14.4 Å². The van der Waals surface area contributed by atoms with E-state index in [1.807, 2.05) is 12.1 Å². The van der Waals surface area contributed by atoms with E-state index >= 15 is 0 Å². The van der Waals surface area contributed by atoms with Crippen molar-refractivity contribution in [1.29, 1.82) is 0 Å². The van der Waals surface area contributed by atoms with E-state index in [1.54, 1.807) is 42.1 Å². The molecule has 0 fully saturated rings. The Bertz CT molecular complexity index is 1240. The lowest BCUT2D eigenvalue weighted by Crippen LogP contribution is -2.41. The van der Waals surface area contributed by atoms with Crippen LogP contribution in [-0.4, -0.2) is 40.3 Å². The van der Waals surface area contributed by atoms with E-state index in [2.05, 4.69) is 24.4 Å². The first-order valence-electron chi connectivity index (χ1n) is 11.1. The standard InChI is InChI=1S/C26H29ClN2O4S2/c1-20-9-6-7-10-21(20)19-34-16-8-15-28-26(30)18-29(22-13-14-25(33-2)24(27)17-22)35(31,32)23-11-4-3-5-12-23/h3-7,9-14,17H,8,15-16,18-19H2,1-2H3,(H,28,30). The van der Waals surface area contributed by atoms with Crippen molar-refractivity contribution in [2.24, 2.45) is 0 Å². The number of nitrogens with one attached hydrogen (secondary N) is 1. The number of aryl methyl sites for hydroxylation is 1. The third kappa shape index (κ3) is 7.40. The minimum Gasteiger partial charge on any atom is -0.495 e. The molecule has 3 aromatic carbocycles. The van der Waals surface area contributed by atoms with E-state index in [-0.39, 0.29) is 28.1 Å². The number of anilines is 1. The van der Waals surface area contributed by atoms with Gasteiger partial charge in [-0.15, -0.1) is 0 Å². The molecule has 35 heavy (non-hydrogen) atoms. The summed E-state index contributed by atoms with van der Waals surface area (Å²) in [5.74, 6) is 1.83. The number of carbonyl (C=O) groups excluding carboxylic acids is 1. The molecule has 3 aromatic rings. The molecule has 0 aliphatic rings. The summed E-state index contributed by atoms with van der Waals surface area (Å²) in [6.45, 7) is 2.19. The van der Waals surface area contributed by atoms with Crippen LogP contribution in [0.5, 0.6) is 5.75 Å². The van der Waals surface area contributed by atoms with E-state index in [0.29, 0.717) is 12.3 Å². The number of carbonyl (C=O) groups is 1. The molecule has 0 bridgehead atoms. The lowest BCUT2D eigenvalue weighted by atomic mass is 10.1. The van der Waals surface area contributed by atoms with E-state index in [1.165, 1.54) is 36.4 Å². The molecule has 0 atom stereocenters. The van der Waals surface area contributed by atoms with Gasteiger partial charge in [0.15, 0.2) is 0 Å².